The highest BCUT2D eigenvalue weighted by Gasteiger charge is 1.99. The van der Waals surface area contributed by atoms with Crippen molar-refractivity contribution in [2.24, 2.45) is 5.73 Å². The maximum atomic E-state index is 7.69. The Kier molecular flexibility index (Phi) is 1.53. The first-order valence-electron chi connectivity index (χ1n) is 6.33. The number of hydrogen-bond donors (Lipinski definition) is 1. The summed E-state index contributed by atoms with van der Waals surface area (Å²) in [6.07, 6.45) is -2.54. The van der Waals surface area contributed by atoms with Crippen molar-refractivity contribution in [3.8, 4) is 5.75 Å². The number of aryl methyl sites for hydroxylation is 1. The number of methoxy groups -OCH3 is 1. The Bertz CT molecular complexity index is 447. The molecule has 0 atom stereocenters. The van der Waals surface area contributed by atoms with Crippen molar-refractivity contribution in [3.05, 3.63) is 28.2 Å². The Morgan fingerprint density at radius 2 is 2.75 bits per heavy atom. The molecule has 3 heteroatoms. The van der Waals surface area contributed by atoms with E-state index in [1.165, 1.54) is 12.1 Å². The molecule has 0 aromatic heterocycles. The van der Waals surface area contributed by atoms with Crippen molar-refractivity contribution in [2.75, 3.05) is 13.6 Å². The zero-order valence-corrected chi connectivity index (χ0v) is 7.81. The normalized spacial score (nSPS) is 19.5. The van der Waals surface area contributed by atoms with Gasteiger partial charge in [0.15, 0.2) is 0 Å². The van der Waals surface area contributed by atoms with Crippen LogP contribution >= 0.6 is 15.9 Å². The van der Waals surface area contributed by atoms with Gasteiger partial charge in [-0.25, -0.2) is 0 Å². The average Bonchev–Trinajstić information content (AvgIpc) is 2.20. The maximum Gasteiger partial charge on any atom is 0.133 e. The van der Waals surface area contributed by atoms with E-state index in [0.29, 0.717) is 4.47 Å². The van der Waals surface area contributed by atoms with Gasteiger partial charge in [0.1, 0.15) is 5.75 Å². The first-order chi connectivity index (χ1) is 8.11. The fourth-order valence-electron chi connectivity index (χ4n) is 0.714. The van der Waals surface area contributed by atoms with Crippen LogP contribution in [0.15, 0.2) is 22.6 Å². The van der Waals surface area contributed by atoms with E-state index in [9.17, 15) is 0 Å². The summed E-state index contributed by atoms with van der Waals surface area (Å²) in [4.78, 5) is 0. The predicted octanol–water partition coefficient (Wildman–Crippen LogP) is 1.96. The number of rotatable bonds is 3. The largest absolute Gasteiger partial charge is 0.496 e. The number of benzene rings is 1. The molecule has 0 fully saturated rings. The van der Waals surface area contributed by atoms with Gasteiger partial charge in [-0.1, -0.05) is 6.04 Å². The highest BCUT2D eigenvalue weighted by atomic mass is 79.9. The minimum absolute atomic E-state index is 0.170. The van der Waals surface area contributed by atoms with E-state index in [1.807, 2.05) is 0 Å². The predicted molar refractivity (Wildman–Crippen MR) is 53.5 cm³/mol. The molecule has 1 aromatic rings. The summed E-state index contributed by atoms with van der Waals surface area (Å²) in [7, 11) is -0.367. The zero-order valence-electron chi connectivity index (χ0n) is 12.2. The summed E-state index contributed by atoms with van der Waals surface area (Å²) in [6, 6.07) is 2.27. The van der Waals surface area contributed by atoms with E-state index in [1.54, 1.807) is 0 Å². The molecule has 0 heterocycles. The van der Waals surface area contributed by atoms with Gasteiger partial charge in [-0.3, -0.25) is 0 Å². The molecule has 0 amide bonds. The average molecular weight is 236 g/mol. The van der Waals surface area contributed by atoms with Crippen molar-refractivity contribution in [3.63, 3.8) is 0 Å². The van der Waals surface area contributed by atoms with Crippen LogP contribution in [0, 0.1) is 0 Å². The summed E-state index contributed by atoms with van der Waals surface area (Å²) in [5.41, 5.74) is 4.94. The second-order valence-electron chi connectivity index (χ2n) is 1.97. The van der Waals surface area contributed by atoms with E-state index in [0.717, 1.165) is 0 Å². The quantitative estimate of drug-likeness (QED) is 0.870. The topological polar surface area (TPSA) is 35.2 Å². The molecule has 1 rings (SSSR count). The Hall–Kier alpha value is -0.540. The van der Waals surface area contributed by atoms with Gasteiger partial charge in [-0.2, -0.15) is 0 Å². The van der Waals surface area contributed by atoms with Crippen LogP contribution in [0.3, 0.4) is 0 Å². The van der Waals surface area contributed by atoms with Gasteiger partial charge in [0.05, 0.1) is 14.3 Å². The van der Waals surface area contributed by atoms with Gasteiger partial charge in [0, 0.05) is 5.48 Å². The molecule has 0 aliphatic heterocycles. The molecule has 0 aliphatic carbocycles. The fourth-order valence-corrected chi connectivity index (χ4v) is 1.06. The molecule has 66 valence electrons. The molecule has 0 saturated heterocycles. The first-order valence-corrected chi connectivity index (χ1v) is 3.92. The number of halogens is 1. The monoisotopic (exact) mass is 235 g/mol. The molecule has 2 nitrogen and oxygen atoms in total. The summed E-state index contributed by atoms with van der Waals surface area (Å²) >= 11 is 3.12. The molecule has 0 bridgehead atoms. The van der Waals surface area contributed by atoms with Crippen LogP contribution < -0.4 is 10.5 Å². The van der Waals surface area contributed by atoms with E-state index >= 15 is 0 Å². The third kappa shape index (κ3) is 2.22. The van der Waals surface area contributed by atoms with E-state index < -0.39 is 12.9 Å². The molecule has 0 aliphatic rings. The zero-order chi connectivity index (χ0) is 14.1. The number of hydrogen-bond acceptors (Lipinski definition) is 2. The second kappa shape index (κ2) is 4.48. The first kappa shape index (κ1) is 4.11. The highest BCUT2D eigenvalue weighted by molar-refractivity contribution is 9.10. The van der Waals surface area contributed by atoms with Crippen molar-refractivity contribution < 1.29 is 13.0 Å². The Morgan fingerprint density at radius 1 is 1.92 bits per heavy atom. The van der Waals surface area contributed by atoms with E-state index in [2.05, 4.69) is 15.9 Å². The summed E-state index contributed by atoms with van der Waals surface area (Å²) in [5, 5.41) is 0. The van der Waals surface area contributed by atoms with Gasteiger partial charge in [-0.15, -0.1) is 0 Å². The van der Waals surface area contributed by atoms with Crippen molar-refractivity contribution in [2.45, 2.75) is 6.37 Å². The van der Waals surface area contributed by atoms with Crippen molar-refractivity contribution in [1.29, 1.82) is 0 Å². The van der Waals surface area contributed by atoms with Crippen LogP contribution in [0.2, 0.25) is 0 Å². The van der Waals surface area contributed by atoms with Crippen LogP contribution in [-0.4, -0.2) is 13.6 Å². The Labute approximate surface area is 89.3 Å². The lowest BCUT2D eigenvalue weighted by atomic mass is 10.1. The summed E-state index contributed by atoms with van der Waals surface area (Å²) in [6.45, 7) is -2.63. The summed E-state index contributed by atoms with van der Waals surface area (Å²) in [5.74, 6) is 0.170. The maximum absolute atomic E-state index is 7.69. The molecular formula is C9H12BrNO. The van der Waals surface area contributed by atoms with Crippen LogP contribution in [0.5, 0.6) is 5.75 Å². The van der Waals surface area contributed by atoms with Crippen molar-refractivity contribution in [1.82, 2.24) is 0 Å². The van der Waals surface area contributed by atoms with Gasteiger partial charge in [0.25, 0.3) is 0 Å². The lowest BCUT2D eigenvalue weighted by Gasteiger charge is -2.05. The molecule has 1 aromatic carbocycles. The number of ether oxygens (including phenoxy) is 1. The standard InChI is InChI=1S/C9H12BrNO/c1-12-9-6-7(4-5-11)2-3-8(9)10/h2-3,6H,4-5,11H2,1H3/i1D,2D,4D2,5D2. The third-order valence-electron chi connectivity index (χ3n) is 1.23. The van der Waals surface area contributed by atoms with E-state index in [-0.39, 0.29) is 24.4 Å². The van der Waals surface area contributed by atoms with Gasteiger partial charge in [0.2, 0.25) is 0 Å². The highest BCUT2D eigenvalue weighted by Crippen LogP contribution is 2.25. The Morgan fingerprint density at radius 3 is 3.42 bits per heavy atom. The van der Waals surface area contributed by atoms with Gasteiger partial charge < -0.3 is 10.5 Å². The second-order valence-corrected chi connectivity index (χ2v) is 2.83. The fraction of sp³-hybridized carbons (Fsp3) is 0.333. The molecule has 0 spiro atoms. The van der Waals surface area contributed by atoms with E-state index in [4.69, 9.17) is 18.7 Å². The Balaban J connectivity index is 3.37. The van der Waals surface area contributed by atoms with Crippen LogP contribution in [0.1, 0.15) is 13.8 Å². The van der Waals surface area contributed by atoms with Gasteiger partial charge in [-0.05, 0) is 46.5 Å². The SMILES string of the molecule is [2H]COc1cc(C([2H])([2H])C([2H])([2H])N)c([2H])cc1Br. The van der Waals surface area contributed by atoms with Crippen LogP contribution in [0.4, 0.5) is 0 Å². The minimum Gasteiger partial charge on any atom is -0.496 e. The lowest BCUT2D eigenvalue weighted by Crippen LogP contribution is -2.02. The molecule has 0 radical (unpaired) electrons. The molecule has 2 N–H and O–H groups in total. The molecule has 12 heavy (non-hydrogen) atoms. The molecule has 0 unspecified atom stereocenters. The van der Waals surface area contributed by atoms with Crippen LogP contribution in [0.25, 0.3) is 0 Å². The van der Waals surface area contributed by atoms with Crippen LogP contribution in [-0.2, 0) is 6.37 Å². The summed E-state index contributed by atoms with van der Waals surface area (Å²) < 4.78 is 49.9. The molecule has 0 saturated carbocycles. The van der Waals surface area contributed by atoms with Gasteiger partial charge >= 0.3 is 0 Å². The minimum atomic E-state index is -2.63. The van der Waals surface area contributed by atoms with Crippen molar-refractivity contribution >= 4 is 15.9 Å². The lowest BCUT2D eigenvalue weighted by molar-refractivity contribution is 0.411. The smallest absolute Gasteiger partial charge is 0.133 e. The molecular weight excluding hydrogens is 218 g/mol. The number of nitrogens with two attached hydrogens (primary N) is 1. The third-order valence-corrected chi connectivity index (χ3v) is 1.85.